The Labute approximate surface area is 208 Å². The minimum absolute atomic E-state index is 0.141. The molecule has 2 heterocycles. The average Bonchev–Trinajstić information content (AvgIpc) is 3.34. The molecular weight excluding hydrogens is 469 g/mol. The van der Waals surface area contributed by atoms with Crippen LogP contribution in [0.15, 0.2) is 24.3 Å². The molecule has 3 aromatic rings. The number of benzene rings is 2. The van der Waals surface area contributed by atoms with Crippen LogP contribution in [0.3, 0.4) is 0 Å². The first-order chi connectivity index (χ1) is 17.3. The second kappa shape index (κ2) is 9.86. The van der Waals surface area contributed by atoms with Gasteiger partial charge in [-0.2, -0.15) is 8.78 Å². The van der Waals surface area contributed by atoms with Crippen molar-refractivity contribution in [3.05, 3.63) is 58.2 Å². The Morgan fingerprint density at radius 3 is 2.67 bits per heavy atom. The van der Waals surface area contributed by atoms with Crippen molar-refractivity contribution in [1.29, 1.82) is 0 Å². The van der Waals surface area contributed by atoms with Gasteiger partial charge in [-0.15, -0.1) is 0 Å². The fourth-order valence-electron chi connectivity index (χ4n) is 5.36. The number of hydrogen-bond acceptors (Lipinski definition) is 6. The Hall–Kier alpha value is -2.91. The van der Waals surface area contributed by atoms with Gasteiger partial charge in [0.2, 0.25) is 0 Å². The van der Waals surface area contributed by atoms with Gasteiger partial charge in [-0.3, -0.25) is 0 Å². The number of alkyl halides is 2. The molecule has 1 aromatic heterocycles. The summed E-state index contributed by atoms with van der Waals surface area (Å²) in [5.41, 5.74) is 4.12. The molecule has 6 nitrogen and oxygen atoms in total. The molecule has 1 N–H and O–H groups in total. The van der Waals surface area contributed by atoms with Crippen LogP contribution in [0.1, 0.15) is 47.5 Å². The second-order valence-corrected chi connectivity index (χ2v) is 9.53. The standard InChI is InChI=1S/C27H31F3N4O2/c1-16(18-6-5-9-22(24(18)28)27(29,30)15-35-3)31-26-21-14-23(34-10-12-36-13-11-34)19-7-4-8-20(19)25(21)32-17(2)33-26/h5-6,9,14,16H,4,7-8,10-13,15H2,1-3H3,(H,31,32,33)/t16-/m1/s1. The predicted molar refractivity (Wildman–Crippen MR) is 134 cm³/mol. The molecule has 0 bridgehead atoms. The van der Waals surface area contributed by atoms with E-state index in [0.717, 1.165) is 49.3 Å². The lowest BCUT2D eigenvalue weighted by molar-refractivity contribution is -0.0722. The highest BCUT2D eigenvalue weighted by Crippen LogP contribution is 2.40. The van der Waals surface area contributed by atoms with Gasteiger partial charge < -0.3 is 19.7 Å². The fourth-order valence-corrected chi connectivity index (χ4v) is 5.36. The third kappa shape index (κ3) is 4.50. The highest BCUT2D eigenvalue weighted by atomic mass is 19.3. The van der Waals surface area contributed by atoms with Crippen LogP contribution in [-0.4, -0.2) is 50.0 Å². The van der Waals surface area contributed by atoms with Gasteiger partial charge in [0, 0.05) is 36.8 Å². The van der Waals surface area contributed by atoms with Gasteiger partial charge in [0.25, 0.3) is 5.92 Å². The number of nitrogens with one attached hydrogen (secondary N) is 1. The number of methoxy groups -OCH3 is 1. The van der Waals surface area contributed by atoms with Crippen molar-refractivity contribution < 1.29 is 22.6 Å². The predicted octanol–water partition coefficient (Wildman–Crippen LogP) is 5.31. The molecule has 0 saturated carbocycles. The smallest absolute Gasteiger partial charge is 0.298 e. The van der Waals surface area contributed by atoms with Crippen molar-refractivity contribution in [3.63, 3.8) is 0 Å². The van der Waals surface area contributed by atoms with Crippen LogP contribution in [0.2, 0.25) is 0 Å². The van der Waals surface area contributed by atoms with Gasteiger partial charge in [0.05, 0.1) is 30.3 Å². The van der Waals surface area contributed by atoms with Crippen LogP contribution in [0.5, 0.6) is 0 Å². The van der Waals surface area contributed by atoms with Crippen LogP contribution < -0.4 is 10.2 Å². The zero-order valence-corrected chi connectivity index (χ0v) is 20.8. The summed E-state index contributed by atoms with van der Waals surface area (Å²) in [5, 5.41) is 4.16. The second-order valence-electron chi connectivity index (χ2n) is 9.53. The van der Waals surface area contributed by atoms with Gasteiger partial charge in [0.15, 0.2) is 0 Å². The Morgan fingerprint density at radius 1 is 1.17 bits per heavy atom. The average molecular weight is 501 g/mol. The first kappa shape index (κ1) is 24.8. The number of anilines is 2. The number of halogens is 3. The number of nitrogens with zero attached hydrogens (tertiary/aromatic N) is 3. The summed E-state index contributed by atoms with van der Waals surface area (Å²) in [6.45, 7) is 5.69. The van der Waals surface area contributed by atoms with Crippen molar-refractivity contribution >= 4 is 22.4 Å². The summed E-state index contributed by atoms with van der Waals surface area (Å²) in [6, 6.07) is 5.58. The summed E-state index contributed by atoms with van der Waals surface area (Å²) in [7, 11) is 1.17. The molecule has 1 aliphatic carbocycles. The maximum Gasteiger partial charge on any atom is 0.298 e. The number of hydrogen-bond donors (Lipinski definition) is 1. The lowest BCUT2D eigenvalue weighted by Crippen LogP contribution is -2.36. The molecule has 0 radical (unpaired) electrons. The van der Waals surface area contributed by atoms with Gasteiger partial charge >= 0.3 is 0 Å². The molecular formula is C27H31F3N4O2. The number of morpholine rings is 1. The minimum Gasteiger partial charge on any atom is -0.378 e. The lowest BCUT2D eigenvalue weighted by Gasteiger charge is -2.31. The molecule has 0 amide bonds. The van der Waals surface area contributed by atoms with Crippen molar-refractivity contribution in [3.8, 4) is 0 Å². The van der Waals surface area contributed by atoms with Crippen molar-refractivity contribution in [2.45, 2.75) is 45.1 Å². The molecule has 0 spiro atoms. The van der Waals surface area contributed by atoms with E-state index in [1.807, 2.05) is 6.92 Å². The third-order valence-corrected chi connectivity index (χ3v) is 7.07. The Morgan fingerprint density at radius 2 is 1.92 bits per heavy atom. The molecule has 2 aliphatic rings. The molecule has 0 unspecified atom stereocenters. The van der Waals surface area contributed by atoms with E-state index in [1.54, 1.807) is 6.92 Å². The Kier molecular flexibility index (Phi) is 6.78. The van der Waals surface area contributed by atoms with Crippen molar-refractivity contribution in [1.82, 2.24) is 9.97 Å². The van der Waals surface area contributed by atoms with E-state index < -0.39 is 30.0 Å². The largest absolute Gasteiger partial charge is 0.378 e. The number of ether oxygens (including phenoxy) is 2. The van der Waals surface area contributed by atoms with Crippen LogP contribution in [-0.2, 0) is 28.2 Å². The van der Waals surface area contributed by atoms with E-state index in [9.17, 15) is 8.78 Å². The summed E-state index contributed by atoms with van der Waals surface area (Å²) >= 11 is 0. The lowest BCUT2D eigenvalue weighted by atomic mass is 9.99. The first-order valence-corrected chi connectivity index (χ1v) is 12.4. The third-order valence-electron chi connectivity index (χ3n) is 7.07. The zero-order chi connectivity index (χ0) is 25.4. The van der Waals surface area contributed by atoms with Crippen molar-refractivity contribution in [2.75, 3.05) is 50.2 Å². The molecule has 2 aromatic carbocycles. The summed E-state index contributed by atoms with van der Waals surface area (Å²) in [4.78, 5) is 11.8. The first-order valence-electron chi connectivity index (χ1n) is 12.4. The van der Waals surface area contributed by atoms with Crippen molar-refractivity contribution in [2.24, 2.45) is 0 Å². The molecule has 1 fully saturated rings. The van der Waals surface area contributed by atoms with Gasteiger partial charge in [-0.25, -0.2) is 14.4 Å². The van der Waals surface area contributed by atoms with Gasteiger partial charge in [0.1, 0.15) is 24.1 Å². The number of aromatic nitrogens is 2. The normalized spacial score (nSPS) is 16.9. The van der Waals surface area contributed by atoms with E-state index in [2.05, 4.69) is 26.0 Å². The summed E-state index contributed by atoms with van der Waals surface area (Å²) in [6.07, 6.45) is 3.02. The summed E-state index contributed by atoms with van der Waals surface area (Å²) < 4.78 is 54.4. The number of aryl methyl sites for hydroxylation is 2. The number of fused-ring (bicyclic) bond motifs is 3. The van der Waals surface area contributed by atoms with E-state index >= 15 is 4.39 Å². The monoisotopic (exact) mass is 500 g/mol. The van der Waals surface area contributed by atoms with Gasteiger partial charge in [-0.05, 0) is 56.4 Å². The van der Waals surface area contributed by atoms with Gasteiger partial charge in [-0.1, -0.05) is 12.1 Å². The molecule has 1 saturated heterocycles. The van der Waals surface area contributed by atoms with Crippen LogP contribution in [0, 0.1) is 12.7 Å². The van der Waals surface area contributed by atoms with Crippen LogP contribution >= 0.6 is 0 Å². The molecule has 192 valence electrons. The van der Waals surface area contributed by atoms with Crippen LogP contribution in [0.4, 0.5) is 24.7 Å². The van der Waals surface area contributed by atoms with Crippen LogP contribution in [0.25, 0.3) is 10.9 Å². The Balaban J connectivity index is 1.56. The SMILES string of the molecule is COCC(F)(F)c1cccc([C@@H](C)Nc2nc(C)nc3c4c(c(N5CCOCC5)cc23)CCC4)c1F. The molecule has 1 atom stereocenters. The topological polar surface area (TPSA) is 59.5 Å². The highest BCUT2D eigenvalue weighted by Gasteiger charge is 2.36. The van der Waals surface area contributed by atoms with E-state index in [-0.39, 0.29) is 5.56 Å². The maximum absolute atomic E-state index is 15.3. The highest BCUT2D eigenvalue weighted by molar-refractivity contribution is 5.96. The molecule has 36 heavy (non-hydrogen) atoms. The maximum atomic E-state index is 15.3. The number of rotatable bonds is 7. The zero-order valence-electron chi connectivity index (χ0n) is 20.8. The van der Waals surface area contributed by atoms with E-state index in [0.29, 0.717) is 24.9 Å². The summed E-state index contributed by atoms with van der Waals surface area (Å²) in [5.74, 6) is -3.20. The minimum atomic E-state index is -3.43. The molecule has 1 aliphatic heterocycles. The van der Waals surface area contributed by atoms with E-state index in [1.165, 1.54) is 36.1 Å². The van der Waals surface area contributed by atoms with E-state index in [4.69, 9.17) is 9.72 Å². The quantitative estimate of drug-likeness (QED) is 0.474. The fraction of sp³-hybridized carbons (Fsp3) is 0.481. The molecule has 5 rings (SSSR count). The Bertz CT molecular complexity index is 1280. The molecule has 9 heteroatoms.